The van der Waals surface area contributed by atoms with Gasteiger partial charge in [0.25, 0.3) is 0 Å². The van der Waals surface area contributed by atoms with E-state index in [0.29, 0.717) is 0 Å². The van der Waals surface area contributed by atoms with E-state index in [2.05, 4.69) is 15.7 Å². The van der Waals surface area contributed by atoms with Crippen molar-refractivity contribution in [2.45, 2.75) is 45.8 Å². The Balaban J connectivity index is 2.25. The molecule has 96 valence electrons. The third kappa shape index (κ3) is 5.49. The van der Waals surface area contributed by atoms with Crippen LogP contribution in [0.3, 0.4) is 0 Å². The Bertz CT molecular complexity index is 340. The largest absolute Gasteiger partial charge is 0.350 e. The average Bonchev–Trinajstić information content (AvgIpc) is 2.67. The molecule has 0 saturated heterocycles. The summed E-state index contributed by atoms with van der Waals surface area (Å²) in [6, 6.07) is 1.69. The van der Waals surface area contributed by atoms with E-state index >= 15 is 0 Å². The quantitative estimate of drug-likeness (QED) is 0.797. The van der Waals surface area contributed by atoms with Crippen molar-refractivity contribution in [2.75, 3.05) is 6.54 Å². The fraction of sp³-hybridized carbons (Fsp3) is 0.667. The molecule has 0 saturated carbocycles. The van der Waals surface area contributed by atoms with Gasteiger partial charge >= 0.3 is 0 Å². The van der Waals surface area contributed by atoms with Crippen LogP contribution in [0.1, 0.15) is 27.7 Å². The second-order valence-electron chi connectivity index (χ2n) is 5.18. The SMILES string of the molecule is C[C@H](NCCn1cccn1)C(=O)NC(C)(C)C. The Kier molecular flexibility index (Phi) is 4.69. The number of nitrogens with one attached hydrogen (secondary N) is 2. The lowest BCUT2D eigenvalue weighted by molar-refractivity contribution is -0.124. The van der Waals surface area contributed by atoms with Gasteiger partial charge in [0.05, 0.1) is 12.6 Å². The molecule has 0 aliphatic heterocycles. The number of carbonyl (C=O) groups excluding carboxylic acids is 1. The summed E-state index contributed by atoms with van der Waals surface area (Å²) in [4.78, 5) is 11.8. The minimum Gasteiger partial charge on any atom is -0.350 e. The highest BCUT2D eigenvalue weighted by molar-refractivity contribution is 5.81. The number of carbonyl (C=O) groups is 1. The summed E-state index contributed by atoms with van der Waals surface area (Å²) < 4.78 is 1.83. The van der Waals surface area contributed by atoms with Gasteiger partial charge in [0.2, 0.25) is 5.91 Å². The highest BCUT2D eigenvalue weighted by Crippen LogP contribution is 1.99. The van der Waals surface area contributed by atoms with E-state index in [4.69, 9.17) is 0 Å². The standard InChI is InChI=1S/C12H22N4O/c1-10(11(17)15-12(2,3)4)13-7-9-16-8-5-6-14-16/h5-6,8,10,13H,7,9H2,1-4H3,(H,15,17)/t10-/m0/s1. The number of nitrogens with zero attached hydrogens (tertiary/aromatic N) is 2. The van der Waals surface area contributed by atoms with E-state index in [-0.39, 0.29) is 17.5 Å². The van der Waals surface area contributed by atoms with Crippen molar-refractivity contribution in [2.24, 2.45) is 0 Å². The molecule has 1 aromatic rings. The lowest BCUT2D eigenvalue weighted by Crippen LogP contribution is -2.50. The molecule has 1 rings (SSSR count). The van der Waals surface area contributed by atoms with Gasteiger partial charge in [-0.2, -0.15) is 5.10 Å². The van der Waals surface area contributed by atoms with Crippen molar-refractivity contribution >= 4 is 5.91 Å². The summed E-state index contributed by atoms with van der Waals surface area (Å²) in [5, 5.41) is 10.2. The first-order chi connectivity index (χ1) is 7.88. The maximum Gasteiger partial charge on any atom is 0.237 e. The van der Waals surface area contributed by atoms with Gasteiger partial charge in [-0.15, -0.1) is 0 Å². The predicted octanol–water partition coefficient (Wildman–Crippen LogP) is 0.776. The molecule has 0 aliphatic rings. The molecule has 1 heterocycles. The third-order valence-electron chi connectivity index (χ3n) is 2.24. The van der Waals surface area contributed by atoms with Gasteiger partial charge in [-0.05, 0) is 33.8 Å². The smallest absolute Gasteiger partial charge is 0.237 e. The minimum atomic E-state index is -0.190. The maximum atomic E-state index is 11.8. The van der Waals surface area contributed by atoms with Crippen molar-refractivity contribution in [1.82, 2.24) is 20.4 Å². The molecule has 1 aromatic heterocycles. The Labute approximate surface area is 103 Å². The molecule has 0 aliphatic carbocycles. The molecule has 0 spiro atoms. The van der Waals surface area contributed by atoms with Gasteiger partial charge in [-0.3, -0.25) is 9.48 Å². The fourth-order valence-corrected chi connectivity index (χ4v) is 1.40. The van der Waals surface area contributed by atoms with Crippen molar-refractivity contribution in [3.05, 3.63) is 18.5 Å². The van der Waals surface area contributed by atoms with Gasteiger partial charge in [0.1, 0.15) is 0 Å². The second kappa shape index (κ2) is 5.82. The topological polar surface area (TPSA) is 59.0 Å². The van der Waals surface area contributed by atoms with Crippen LogP contribution in [-0.2, 0) is 11.3 Å². The molecule has 0 unspecified atom stereocenters. The number of rotatable bonds is 5. The van der Waals surface area contributed by atoms with Crippen LogP contribution in [-0.4, -0.2) is 33.8 Å². The molecular formula is C12H22N4O. The van der Waals surface area contributed by atoms with Crippen LogP contribution in [0.15, 0.2) is 18.5 Å². The van der Waals surface area contributed by atoms with Crippen LogP contribution >= 0.6 is 0 Å². The van der Waals surface area contributed by atoms with E-state index in [1.807, 2.05) is 44.6 Å². The third-order valence-corrected chi connectivity index (χ3v) is 2.24. The van der Waals surface area contributed by atoms with E-state index in [0.717, 1.165) is 13.1 Å². The molecule has 1 amide bonds. The number of hydrogen-bond acceptors (Lipinski definition) is 3. The summed E-state index contributed by atoms with van der Waals surface area (Å²) in [5.41, 5.74) is -0.186. The minimum absolute atomic E-state index is 0.0259. The molecular weight excluding hydrogens is 216 g/mol. The van der Waals surface area contributed by atoms with Crippen LogP contribution in [0, 0.1) is 0 Å². The Morgan fingerprint density at radius 2 is 2.18 bits per heavy atom. The van der Waals surface area contributed by atoms with E-state index in [9.17, 15) is 4.79 Å². The van der Waals surface area contributed by atoms with Crippen molar-refractivity contribution in [3.63, 3.8) is 0 Å². The molecule has 0 radical (unpaired) electrons. The molecule has 17 heavy (non-hydrogen) atoms. The van der Waals surface area contributed by atoms with Crippen molar-refractivity contribution in [1.29, 1.82) is 0 Å². The maximum absolute atomic E-state index is 11.8. The van der Waals surface area contributed by atoms with Crippen LogP contribution in [0.4, 0.5) is 0 Å². The van der Waals surface area contributed by atoms with Gasteiger partial charge in [-0.25, -0.2) is 0 Å². The predicted molar refractivity (Wildman–Crippen MR) is 67.6 cm³/mol. The first-order valence-electron chi connectivity index (χ1n) is 5.91. The Hall–Kier alpha value is -1.36. The van der Waals surface area contributed by atoms with Gasteiger partial charge in [0.15, 0.2) is 0 Å². The normalized spacial score (nSPS) is 13.4. The average molecular weight is 238 g/mol. The van der Waals surface area contributed by atoms with Crippen molar-refractivity contribution in [3.8, 4) is 0 Å². The molecule has 0 aromatic carbocycles. The highest BCUT2D eigenvalue weighted by Gasteiger charge is 2.18. The second-order valence-corrected chi connectivity index (χ2v) is 5.18. The summed E-state index contributed by atoms with van der Waals surface area (Å²) in [6.45, 7) is 9.27. The summed E-state index contributed by atoms with van der Waals surface area (Å²) in [5.74, 6) is 0.0259. The molecule has 5 heteroatoms. The summed E-state index contributed by atoms with van der Waals surface area (Å²) >= 11 is 0. The zero-order valence-electron chi connectivity index (χ0n) is 11.0. The zero-order valence-corrected chi connectivity index (χ0v) is 11.0. The van der Waals surface area contributed by atoms with Crippen molar-refractivity contribution < 1.29 is 4.79 Å². The first-order valence-corrected chi connectivity index (χ1v) is 5.91. The number of hydrogen-bond donors (Lipinski definition) is 2. The Morgan fingerprint density at radius 1 is 1.47 bits per heavy atom. The monoisotopic (exact) mass is 238 g/mol. The molecule has 1 atom stereocenters. The van der Waals surface area contributed by atoms with E-state index in [1.165, 1.54) is 0 Å². The van der Waals surface area contributed by atoms with Crippen LogP contribution < -0.4 is 10.6 Å². The lowest BCUT2D eigenvalue weighted by Gasteiger charge is -2.23. The molecule has 5 nitrogen and oxygen atoms in total. The van der Waals surface area contributed by atoms with E-state index in [1.54, 1.807) is 6.20 Å². The number of aromatic nitrogens is 2. The summed E-state index contributed by atoms with van der Waals surface area (Å²) in [6.07, 6.45) is 3.65. The van der Waals surface area contributed by atoms with Crippen LogP contribution in [0.2, 0.25) is 0 Å². The highest BCUT2D eigenvalue weighted by atomic mass is 16.2. The zero-order chi connectivity index (χ0) is 12.9. The summed E-state index contributed by atoms with van der Waals surface area (Å²) in [7, 11) is 0. The van der Waals surface area contributed by atoms with Gasteiger partial charge in [-0.1, -0.05) is 0 Å². The van der Waals surface area contributed by atoms with Gasteiger partial charge < -0.3 is 10.6 Å². The van der Waals surface area contributed by atoms with Gasteiger partial charge in [0, 0.05) is 24.5 Å². The number of amides is 1. The fourth-order valence-electron chi connectivity index (χ4n) is 1.40. The molecule has 0 fully saturated rings. The van der Waals surface area contributed by atoms with Crippen LogP contribution in [0.25, 0.3) is 0 Å². The van der Waals surface area contributed by atoms with E-state index < -0.39 is 0 Å². The Morgan fingerprint density at radius 3 is 2.71 bits per heavy atom. The lowest BCUT2D eigenvalue weighted by atomic mass is 10.1. The molecule has 0 bridgehead atoms. The van der Waals surface area contributed by atoms with Crippen LogP contribution in [0.5, 0.6) is 0 Å². The first kappa shape index (κ1) is 13.7. The molecule has 2 N–H and O–H groups in total.